The van der Waals surface area contributed by atoms with E-state index < -0.39 is 27.8 Å². The minimum Gasteiger partial charge on any atom is -0.324 e. The highest BCUT2D eigenvalue weighted by atomic mass is 35.5. The minimum atomic E-state index is -3.71. The Kier molecular flexibility index (Phi) is 5.93. The third-order valence-corrected chi connectivity index (χ3v) is 5.55. The average molecular weight is 399 g/mol. The fraction of sp³-hybridized carbons (Fsp3) is 0.278. The molecule has 0 spiro atoms. The zero-order chi connectivity index (χ0) is 19.6. The van der Waals surface area contributed by atoms with E-state index in [4.69, 9.17) is 11.6 Å². The normalized spacial score (nSPS) is 12.5. The van der Waals surface area contributed by atoms with Crippen molar-refractivity contribution in [3.8, 4) is 0 Å². The van der Waals surface area contributed by atoms with Gasteiger partial charge >= 0.3 is 0 Å². The van der Waals surface area contributed by atoms with Crippen LogP contribution < -0.4 is 9.62 Å². The number of benzene rings is 2. The number of amides is 1. The van der Waals surface area contributed by atoms with Gasteiger partial charge in [0, 0.05) is 5.69 Å². The molecule has 0 saturated heterocycles. The topological polar surface area (TPSA) is 66.5 Å². The van der Waals surface area contributed by atoms with Crippen molar-refractivity contribution in [2.75, 3.05) is 15.9 Å². The molecular weight excluding hydrogens is 379 g/mol. The van der Waals surface area contributed by atoms with E-state index >= 15 is 0 Å². The summed E-state index contributed by atoms with van der Waals surface area (Å²) >= 11 is 5.71. The van der Waals surface area contributed by atoms with E-state index in [1.165, 1.54) is 19.1 Å². The Hall–Kier alpha value is -2.12. The lowest BCUT2D eigenvalue weighted by atomic mass is 10.1. The standard InChI is InChI=1S/C18H20ClFN2O3S/c1-11-5-7-15(9-12(11)2)22(26(4,24)25)13(3)18(23)21-14-6-8-17(20)16(19)10-14/h5-10,13H,1-4H3,(H,21,23)/t13-/m0/s1. The van der Waals surface area contributed by atoms with E-state index in [0.717, 1.165) is 27.8 Å². The number of nitrogens with zero attached hydrogens (tertiary/aromatic N) is 1. The largest absolute Gasteiger partial charge is 0.324 e. The van der Waals surface area contributed by atoms with Gasteiger partial charge in [0.05, 0.1) is 17.0 Å². The monoisotopic (exact) mass is 398 g/mol. The van der Waals surface area contributed by atoms with E-state index in [0.29, 0.717) is 5.69 Å². The van der Waals surface area contributed by atoms with Gasteiger partial charge in [0.2, 0.25) is 15.9 Å². The van der Waals surface area contributed by atoms with Crippen LogP contribution in [0.15, 0.2) is 36.4 Å². The maximum atomic E-state index is 13.2. The van der Waals surface area contributed by atoms with Crippen LogP contribution in [0.25, 0.3) is 0 Å². The van der Waals surface area contributed by atoms with E-state index in [1.807, 2.05) is 13.8 Å². The summed E-state index contributed by atoms with van der Waals surface area (Å²) < 4.78 is 38.9. The maximum absolute atomic E-state index is 13.2. The first kappa shape index (κ1) is 20.2. The molecule has 0 aliphatic carbocycles. The van der Waals surface area contributed by atoms with Gasteiger partial charge in [0.1, 0.15) is 11.9 Å². The van der Waals surface area contributed by atoms with Gasteiger partial charge in [-0.15, -0.1) is 0 Å². The van der Waals surface area contributed by atoms with Gasteiger partial charge in [0.15, 0.2) is 0 Å². The van der Waals surface area contributed by atoms with Gasteiger partial charge in [-0.25, -0.2) is 12.8 Å². The quantitative estimate of drug-likeness (QED) is 0.830. The van der Waals surface area contributed by atoms with Crippen LogP contribution in [0.3, 0.4) is 0 Å². The van der Waals surface area contributed by atoms with Gasteiger partial charge in [-0.1, -0.05) is 17.7 Å². The molecule has 8 heteroatoms. The van der Waals surface area contributed by atoms with E-state index in [2.05, 4.69) is 5.32 Å². The summed E-state index contributed by atoms with van der Waals surface area (Å²) in [5, 5.41) is 2.43. The second-order valence-corrected chi connectivity index (χ2v) is 8.39. The van der Waals surface area contributed by atoms with E-state index in [-0.39, 0.29) is 10.7 Å². The molecule has 0 unspecified atom stereocenters. The molecule has 0 radical (unpaired) electrons. The summed E-state index contributed by atoms with van der Waals surface area (Å²) in [5.74, 6) is -1.16. The van der Waals surface area contributed by atoms with Crippen molar-refractivity contribution in [2.24, 2.45) is 0 Å². The Labute approximate surface area is 157 Å². The number of carbonyl (C=O) groups is 1. The number of sulfonamides is 1. The zero-order valence-electron chi connectivity index (χ0n) is 14.9. The predicted molar refractivity (Wildman–Crippen MR) is 103 cm³/mol. The van der Waals surface area contributed by atoms with Crippen LogP contribution in [0, 0.1) is 19.7 Å². The lowest BCUT2D eigenvalue weighted by molar-refractivity contribution is -0.116. The third kappa shape index (κ3) is 4.53. The Morgan fingerprint density at radius 3 is 2.35 bits per heavy atom. The molecule has 1 N–H and O–H groups in total. The van der Waals surface area contributed by atoms with Crippen LogP contribution >= 0.6 is 11.6 Å². The highest BCUT2D eigenvalue weighted by Gasteiger charge is 2.29. The molecule has 0 aliphatic heterocycles. The average Bonchev–Trinajstić information content (AvgIpc) is 2.53. The van der Waals surface area contributed by atoms with Gasteiger partial charge in [-0.2, -0.15) is 0 Å². The molecule has 26 heavy (non-hydrogen) atoms. The van der Waals surface area contributed by atoms with Crippen LogP contribution in [0.4, 0.5) is 15.8 Å². The van der Waals surface area contributed by atoms with Gasteiger partial charge in [0.25, 0.3) is 0 Å². The van der Waals surface area contributed by atoms with Crippen molar-refractivity contribution in [2.45, 2.75) is 26.8 Å². The number of hydrogen-bond donors (Lipinski definition) is 1. The molecule has 140 valence electrons. The number of halogens is 2. The lowest BCUT2D eigenvalue weighted by Gasteiger charge is -2.28. The molecule has 2 aromatic carbocycles. The first-order valence-corrected chi connectivity index (χ1v) is 10.1. The number of rotatable bonds is 5. The molecule has 0 bridgehead atoms. The lowest BCUT2D eigenvalue weighted by Crippen LogP contribution is -2.45. The van der Waals surface area contributed by atoms with E-state index in [9.17, 15) is 17.6 Å². The van der Waals surface area contributed by atoms with Crippen LogP contribution in [-0.4, -0.2) is 26.6 Å². The summed E-state index contributed by atoms with van der Waals surface area (Å²) in [4.78, 5) is 12.6. The van der Waals surface area contributed by atoms with E-state index in [1.54, 1.807) is 18.2 Å². The Bertz CT molecular complexity index is 947. The molecule has 1 atom stereocenters. The SMILES string of the molecule is Cc1ccc(N([C@@H](C)C(=O)Nc2ccc(F)c(Cl)c2)S(C)(=O)=O)cc1C. The van der Waals surface area contributed by atoms with Crippen molar-refractivity contribution in [1.29, 1.82) is 0 Å². The fourth-order valence-corrected chi connectivity index (χ4v) is 3.84. The Balaban J connectivity index is 2.34. The third-order valence-electron chi connectivity index (χ3n) is 4.02. The Morgan fingerprint density at radius 2 is 1.81 bits per heavy atom. The summed E-state index contributed by atoms with van der Waals surface area (Å²) in [6.07, 6.45) is 1.04. The minimum absolute atomic E-state index is 0.135. The van der Waals surface area contributed by atoms with Crippen molar-refractivity contribution in [3.63, 3.8) is 0 Å². The van der Waals surface area contributed by atoms with Gasteiger partial charge in [-0.3, -0.25) is 9.10 Å². The predicted octanol–water partition coefficient (Wildman–Crippen LogP) is 3.89. The molecule has 0 saturated carbocycles. The van der Waals surface area contributed by atoms with Crippen LogP contribution in [0.1, 0.15) is 18.1 Å². The highest BCUT2D eigenvalue weighted by Crippen LogP contribution is 2.25. The molecule has 2 rings (SSSR count). The van der Waals surface area contributed by atoms with Crippen molar-refractivity contribution < 1.29 is 17.6 Å². The maximum Gasteiger partial charge on any atom is 0.247 e. The molecular formula is C18H20ClFN2O3S. The zero-order valence-corrected chi connectivity index (χ0v) is 16.5. The van der Waals surface area contributed by atoms with Crippen LogP contribution in [0.5, 0.6) is 0 Å². The number of anilines is 2. The smallest absolute Gasteiger partial charge is 0.247 e. The van der Waals surface area contributed by atoms with Crippen molar-refractivity contribution in [3.05, 3.63) is 58.4 Å². The first-order valence-electron chi connectivity index (χ1n) is 7.83. The molecule has 5 nitrogen and oxygen atoms in total. The number of aryl methyl sites for hydroxylation is 2. The molecule has 0 aliphatic rings. The number of hydrogen-bond acceptors (Lipinski definition) is 3. The van der Waals surface area contributed by atoms with Crippen molar-refractivity contribution in [1.82, 2.24) is 0 Å². The molecule has 0 aromatic heterocycles. The first-order chi connectivity index (χ1) is 12.0. The van der Waals surface area contributed by atoms with Gasteiger partial charge in [-0.05, 0) is 62.2 Å². The van der Waals surface area contributed by atoms with Crippen molar-refractivity contribution >= 4 is 38.9 Å². The highest BCUT2D eigenvalue weighted by molar-refractivity contribution is 7.92. The fourth-order valence-electron chi connectivity index (χ4n) is 2.49. The van der Waals surface area contributed by atoms with Crippen LogP contribution in [-0.2, 0) is 14.8 Å². The summed E-state index contributed by atoms with van der Waals surface area (Å²) in [5.41, 5.74) is 2.60. The molecule has 2 aromatic rings. The Morgan fingerprint density at radius 1 is 1.15 bits per heavy atom. The van der Waals surface area contributed by atoms with Crippen LogP contribution in [0.2, 0.25) is 5.02 Å². The molecule has 1 amide bonds. The second kappa shape index (κ2) is 7.63. The molecule has 0 heterocycles. The second-order valence-electron chi connectivity index (χ2n) is 6.12. The molecule has 0 fully saturated rings. The summed E-state index contributed by atoms with van der Waals surface area (Å²) in [7, 11) is -3.71. The van der Waals surface area contributed by atoms with Gasteiger partial charge < -0.3 is 5.32 Å². The number of nitrogens with one attached hydrogen (secondary N) is 1. The summed E-state index contributed by atoms with van der Waals surface area (Å²) in [6.45, 7) is 5.26. The number of carbonyl (C=O) groups excluding carboxylic acids is 1. The summed E-state index contributed by atoms with van der Waals surface area (Å²) in [6, 6.07) is 7.90.